The lowest BCUT2D eigenvalue weighted by atomic mass is 10.1. The van der Waals surface area contributed by atoms with Crippen LogP contribution in [0.4, 0.5) is 0 Å². The summed E-state index contributed by atoms with van der Waals surface area (Å²) in [5, 5.41) is 9.11. The second kappa shape index (κ2) is 5.52. The molecule has 2 rings (SSSR count). The summed E-state index contributed by atoms with van der Waals surface area (Å²) in [5.74, 6) is 0.375. The normalized spacial score (nSPS) is 10.0. The molecule has 0 aliphatic heterocycles. The van der Waals surface area contributed by atoms with Crippen molar-refractivity contribution in [2.45, 2.75) is 12.4 Å². The Morgan fingerprint density at radius 3 is 2.78 bits per heavy atom. The zero-order valence-corrected chi connectivity index (χ0v) is 10.4. The fraction of sp³-hybridized carbons (Fsp3) is 0.143. The summed E-state index contributed by atoms with van der Waals surface area (Å²) in [6.45, 7) is 0.394. The number of nitriles is 1. The van der Waals surface area contributed by atoms with Gasteiger partial charge in [-0.25, -0.2) is 0 Å². The van der Waals surface area contributed by atoms with E-state index in [4.69, 9.17) is 16.9 Å². The third kappa shape index (κ3) is 2.61. The summed E-state index contributed by atoms with van der Waals surface area (Å²) in [4.78, 5) is 11.6. The Kier molecular flexibility index (Phi) is 3.81. The minimum atomic E-state index is -0.0807. The monoisotopic (exact) mass is 258 g/mol. The van der Waals surface area contributed by atoms with E-state index in [0.29, 0.717) is 18.0 Å². The molecule has 0 N–H and O–H groups in total. The molecule has 0 saturated carbocycles. The highest BCUT2D eigenvalue weighted by Gasteiger charge is 2.05. The maximum absolute atomic E-state index is 11.6. The molecule has 0 spiro atoms. The lowest BCUT2D eigenvalue weighted by Crippen LogP contribution is -2.18. The van der Waals surface area contributed by atoms with E-state index in [9.17, 15) is 4.79 Å². The number of pyridine rings is 1. The first-order valence-electron chi connectivity index (χ1n) is 5.48. The molecule has 0 aliphatic rings. The van der Waals surface area contributed by atoms with Crippen LogP contribution in [0.15, 0.2) is 47.4 Å². The van der Waals surface area contributed by atoms with Crippen molar-refractivity contribution in [2.24, 2.45) is 0 Å². The maximum atomic E-state index is 11.6. The van der Waals surface area contributed by atoms with Crippen LogP contribution >= 0.6 is 11.6 Å². The van der Waals surface area contributed by atoms with E-state index < -0.39 is 0 Å². The van der Waals surface area contributed by atoms with Crippen molar-refractivity contribution in [1.82, 2.24) is 4.57 Å². The third-order valence-corrected chi connectivity index (χ3v) is 3.00. The first kappa shape index (κ1) is 12.4. The van der Waals surface area contributed by atoms with E-state index in [-0.39, 0.29) is 5.56 Å². The van der Waals surface area contributed by atoms with Crippen molar-refractivity contribution < 1.29 is 0 Å². The molecule has 3 nitrogen and oxygen atoms in total. The van der Waals surface area contributed by atoms with Gasteiger partial charge in [-0.1, -0.05) is 18.2 Å². The Hall–Kier alpha value is -2.05. The van der Waals surface area contributed by atoms with E-state index in [2.05, 4.69) is 6.07 Å². The Labute approximate surface area is 110 Å². The Morgan fingerprint density at radius 2 is 2.11 bits per heavy atom. The zero-order chi connectivity index (χ0) is 13.0. The van der Waals surface area contributed by atoms with Crippen molar-refractivity contribution in [1.29, 1.82) is 5.26 Å². The summed E-state index contributed by atoms with van der Waals surface area (Å²) in [5.41, 5.74) is 2.20. The Balaban J connectivity index is 2.39. The summed E-state index contributed by atoms with van der Waals surface area (Å²) in [6, 6.07) is 12.6. The molecule has 0 bridgehead atoms. The number of halogens is 1. The van der Waals surface area contributed by atoms with Crippen LogP contribution in [-0.2, 0) is 12.4 Å². The third-order valence-electron chi connectivity index (χ3n) is 2.69. The number of alkyl halides is 1. The van der Waals surface area contributed by atoms with Crippen molar-refractivity contribution in [3.63, 3.8) is 0 Å². The highest BCUT2D eigenvalue weighted by Crippen LogP contribution is 2.13. The van der Waals surface area contributed by atoms with E-state index in [0.717, 1.165) is 11.1 Å². The molecule has 90 valence electrons. The number of aromatic nitrogens is 1. The van der Waals surface area contributed by atoms with Crippen LogP contribution < -0.4 is 5.56 Å². The highest BCUT2D eigenvalue weighted by molar-refractivity contribution is 6.17. The largest absolute Gasteiger partial charge is 0.311 e. The van der Waals surface area contributed by atoms with Crippen LogP contribution in [0.3, 0.4) is 0 Å². The Morgan fingerprint density at radius 1 is 1.28 bits per heavy atom. The van der Waals surface area contributed by atoms with Crippen LogP contribution in [0.5, 0.6) is 0 Å². The summed E-state index contributed by atoms with van der Waals surface area (Å²) in [7, 11) is 0. The second-order valence-corrected chi connectivity index (χ2v) is 4.17. The predicted octanol–water partition coefficient (Wildman–Crippen LogP) is 2.51. The van der Waals surface area contributed by atoms with Gasteiger partial charge in [0.2, 0.25) is 0 Å². The van der Waals surface area contributed by atoms with E-state index >= 15 is 0 Å². The van der Waals surface area contributed by atoms with Crippen LogP contribution in [0.1, 0.15) is 16.7 Å². The second-order valence-electron chi connectivity index (χ2n) is 3.90. The molecule has 0 atom stereocenters. The molecule has 1 heterocycles. The smallest absolute Gasteiger partial charge is 0.250 e. The van der Waals surface area contributed by atoms with Crippen molar-refractivity contribution in [3.05, 3.63) is 69.6 Å². The van der Waals surface area contributed by atoms with Gasteiger partial charge in [-0.05, 0) is 23.3 Å². The van der Waals surface area contributed by atoms with Gasteiger partial charge in [-0.3, -0.25) is 4.79 Å². The van der Waals surface area contributed by atoms with E-state index in [1.807, 2.05) is 12.1 Å². The molecule has 0 radical (unpaired) electrons. The number of rotatable bonds is 3. The van der Waals surface area contributed by atoms with Gasteiger partial charge < -0.3 is 4.57 Å². The number of hydrogen-bond acceptors (Lipinski definition) is 2. The zero-order valence-electron chi connectivity index (χ0n) is 9.64. The number of benzene rings is 1. The minimum absolute atomic E-state index is 0.0807. The van der Waals surface area contributed by atoms with Crippen LogP contribution in [-0.4, -0.2) is 4.57 Å². The minimum Gasteiger partial charge on any atom is -0.311 e. The quantitative estimate of drug-likeness (QED) is 0.794. The van der Waals surface area contributed by atoms with Crippen molar-refractivity contribution >= 4 is 11.6 Å². The summed E-state index contributed by atoms with van der Waals surface area (Å²) >= 11 is 5.73. The fourth-order valence-electron chi connectivity index (χ4n) is 1.72. The molecule has 0 unspecified atom stereocenters. The topological polar surface area (TPSA) is 45.8 Å². The van der Waals surface area contributed by atoms with Gasteiger partial charge in [0, 0.05) is 18.1 Å². The highest BCUT2D eigenvalue weighted by atomic mass is 35.5. The predicted molar refractivity (Wildman–Crippen MR) is 70.5 cm³/mol. The molecular weight excluding hydrogens is 248 g/mol. The molecule has 0 fully saturated rings. The fourth-order valence-corrected chi connectivity index (χ4v) is 1.89. The van der Waals surface area contributed by atoms with Gasteiger partial charge in [0.25, 0.3) is 5.56 Å². The molecule has 0 aliphatic carbocycles. The number of nitrogens with zero attached hydrogens (tertiary/aromatic N) is 2. The Bertz CT molecular complexity index is 655. The van der Waals surface area contributed by atoms with E-state index in [1.165, 1.54) is 6.07 Å². The van der Waals surface area contributed by atoms with Crippen LogP contribution in [0, 0.1) is 11.3 Å². The van der Waals surface area contributed by atoms with Crippen LogP contribution in [0.2, 0.25) is 0 Å². The standard InChI is InChI=1S/C14H11ClN2O/c15-8-11-4-5-12(13(7-11)9-16)10-17-6-2-1-3-14(17)18/h1-7H,8,10H2. The average molecular weight is 259 g/mol. The van der Waals surface area contributed by atoms with Gasteiger partial charge in [-0.2, -0.15) is 5.26 Å². The molecular formula is C14H11ClN2O. The average Bonchev–Trinajstić information content (AvgIpc) is 2.41. The molecule has 1 aromatic heterocycles. The van der Waals surface area contributed by atoms with Gasteiger partial charge in [-0.15, -0.1) is 11.6 Å². The summed E-state index contributed by atoms with van der Waals surface area (Å²) < 4.78 is 1.57. The summed E-state index contributed by atoms with van der Waals surface area (Å²) in [6.07, 6.45) is 1.71. The van der Waals surface area contributed by atoms with Crippen molar-refractivity contribution in [2.75, 3.05) is 0 Å². The lowest BCUT2D eigenvalue weighted by Gasteiger charge is -2.08. The SMILES string of the molecule is N#Cc1cc(CCl)ccc1Cn1ccccc1=O. The van der Waals surface area contributed by atoms with Crippen LogP contribution in [0.25, 0.3) is 0 Å². The molecule has 18 heavy (non-hydrogen) atoms. The first-order chi connectivity index (χ1) is 8.74. The lowest BCUT2D eigenvalue weighted by molar-refractivity contribution is 0.757. The molecule has 2 aromatic rings. The van der Waals surface area contributed by atoms with Gasteiger partial charge in [0.1, 0.15) is 0 Å². The molecule has 1 aromatic carbocycles. The van der Waals surface area contributed by atoms with Gasteiger partial charge in [0.15, 0.2) is 0 Å². The van der Waals surface area contributed by atoms with Gasteiger partial charge >= 0.3 is 0 Å². The van der Waals surface area contributed by atoms with E-state index in [1.54, 1.807) is 29.0 Å². The van der Waals surface area contributed by atoms with Crippen molar-refractivity contribution in [3.8, 4) is 6.07 Å². The molecule has 0 amide bonds. The maximum Gasteiger partial charge on any atom is 0.250 e. The van der Waals surface area contributed by atoms with Gasteiger partial charge in [0.05, 0.1) is 18.2 Å². The molecule has 0 saturated heterocycles. The number of hydrogen-bond donors (Lipinski definition) is 0. The molecule has 4 heteroatoms. The first-order valence-corrected chi connectivity index (χ1v) is 6.01.